The third-order valence-electron chi connectivity index (χ3n) is 23.7. The molecule has 24 nitrogen and oxygen atoms in total. The SMILES string of the molecule is CC[C@H](C)[C@@H]1NC(=O)[C@H](CC2CCCC2)N(C)C(=O)C[C@@H](C(=O)N2CCCCC2)N(C)C(=O)[C@H](C2CCCCC2)N(C)C(=O)C2(CCCC2)NC(=O)[C@@H]2CCCN2C(=O)[C@H](CCc2ccc(C(F)(F)F)c(Cl)c2)NC(=O)CN(C)C(=O)[C@H](CC2CCCCC2)N(C)C(=O)CN(C)C(=O)CN(C)C1=O. The molecule has 0 radical (unpaired) electrons. The molecule has 103 heavy (non-hydrogen) atoms. The lowest BCUT2D eigenvalue weighted by Crippen LogP contribution is -2.65. The van der Waals surface area contributed by atoms with Crippen LogP contribution in [0.4, 0.5) is 13.2 Å². The molecule has 28 heteroatoms. The van der Waals surface area contributed by atoms with Crippen molar-refractivity contribution in [1.82, 2.24) is 60.0 Å². The standard InChI is InChI=1S/C75H114ClF3N12O12/c1-10-48(2)64-71(101)85(5)46-62(94)83(3)47-63(95)87(7)58(43-50-25-14-11-15-26-50)69(99)84(4)45-60(92)80-55(35-33-51-32-34-53(54(76)41-51)75(77,78)79)68(98)91-40-24-31-56(91)67(97)82-74(36-20-21-37-74)73(103)89(9)65(52-29-16-12-17-30-52)72(102)88(8)59(70(100)90-38-22-13-23-39-90)44-61(93)86(6)57(66(96)81-64)42-49-27-18-19-28-49/h32,34,41,48-50,52,55-59,64-65H,10-31,33,35-40,42-47H2,1-9H3,(H,80,92)(H,81,96)(H,82,97)/t48-,55-,56-,57-,58-,59-,64-,65-/m0/s1. The van der Waals surface area contributed by atoms with Crippen molar-refractivity contribution in [1.29, 1.82) is 0 Å². The van der Waals surface area contributed by atoms with Crippen LogP contribution in [0, 0.1) is 23.7 Å². The van der Waals surface area contributed by atoms with Crippen LogP contribution in [0.2, 0.25) is 5.02 Å². The first kappa shape index (κ1) is 81.6. The molecule has 4 saturated carbocycles. The minimum Gasteiger partial charge on any atom is -0.343 e. The van der Waals surface area contributed by atoms with Gasteiger partial charge < -0.3 is 60.0 Å². The number of fused-ring (bicyclic) bond motifs is 1. The van der Waals surface area contributed by atoms with Crippen LogP contribution in [-0.2, 0) is 70.1 Å². The maximum Gasteiger partial charge on any atom is 0.417 e. The highest BCUT2D eigenvalue weighted by atomic mass is 35.5. The van der Waals surface area contributed by atoms with E-state index in [4.69, 9.17) is 11.6 Å². The van der Waals surface area contributed by atoms with Crippen LogP contribution in [0.3, 0.4) is 0 Å². The number of halogens is 4. The third-order valence-corrected chi connectivity index (χ3v) is 24.0. The molecule has 1 aromatic rings. The van der Waals surface area contributed by atoms with Crippen LogP contribution >= 0.6 is 11.6 Å². The summed E-state index contributed by atoms with van der Waals surface area (Å²) >= 11 is 6.17. The number of carbonyl (C=O) groups excluding carboxylic acids is 12. The molecule has 0 bridgehead atoms. The van der Waals surface area contributed by atoms with Crippen molar-refractivity contribution in [3.8, 4) is 0 Å². The van der Waals surface area contributed by atoms with E-state index in [1.54, 1.807) is 11.8 Å². The predicted molar refractivity (Wildman–Crippen MR) is 381 cm³/mol. The van der Waals surface area contributed by atoms with E-state index in [2.05, 4.69) is 16.0 Å². The summed E-state index contributed by atoms with van der Waals surface area (Å²) in [6, 6.07) is -5.41. The van der Waals surface area contributed by atoms with E-state index in [9.17, 15) is 37.1 Å². The highest BCUT2D eigenvalue weighted by molar-refractivity contribution is 6.31. The maximum atomic E-state index is 15.9. The van der Waals surface area contributed by atoms with Gasteiger partial charge in [-0.2, -0.15) is 13.2 Å². The van der Waals surface area contributed by atoms with Gasteiger partial charge in [-0.05, 0) is 125 Å². The Kier molecular flexibility index (Phi) is 29.1. The van der Waals surface area contributed by atoms with Crippen LogP contribution < -0.4 is 16.0 Å². The van der Waals surface area contributed by atoms with Crippen LogP contribution in [0.15, 0.2) is 18.2 Å². The third kappa shape index (κ3) is 20.5. The lowest BCUT2D eigenvalue weighted by Gasteiger charge is -2.43. The van der Waals surface area contributed by atoms with Crippen molar-refractivity contribution in [3.05, 3.63) is 34.3 Å². The Bertz CT molecular complexity index is 3200. The zero-order chi connectivity index (χ0) is 75.2. The molecule has 3 saturated heterocycles. The Hall–Kier alpha value is -7.06. The van der Waals surface area contributed by atoms with Crippen LogP contribution in [0.1, 0.15) is 205 Å². The number of rotatable bonds is 11. The summed E-state index contributed by atoms with van der Waals surface area (Å²) in [6.45, 7) is 2.80. The summed E-state index contributed by atoms with van der Waals surface area (Å²) in [5.41, 5.74) is -2.33. The molecule has 4 aliphatic carbocycles. The van der Waals surface area contributed by atoms with Gasteiger partial charge in [-0.15, -0.1) is 0 Å². The van der Waals surface area contributed by atoms with Crippen molar-refractivity contribution >= 4 is 82.5 Å². The number of benzene rings is 1. The zero-order valence-electron chi connectivity index (χ0n) is 62.3. The molecule has 7 fully saturated rings. The Balaban J connectivity index is 1.18. The van der Waals surface area contributed by atoms with Crippen molar-refractivity contribution in [2.45, 2.75) is 254 Å². The number of likely N-dealkylation sites (tertiary alicyclic amines) is 1. The Labute approximate surface area is 611 Å². The molecule has 8 atom stereocenters. The van der Waals surface area contributed by atoms with E-state index >= 15 is 33.6 Å². The number of hydrogen-bond acceptors (Lipinski definition) is 12. The second-order valence-corrected chi connectivity index (χ2v) is 31.3. The molecule has 1 spiro atoms. The van der Waals surface area contributed by atoms with E-state index in [0.29, 0.717) is 70.0 Å². The van der Waals surface area contributed by atoms with E-state index in [0.717, 1.165) is 105 Å². The molecule has 574 valence electrons. The first-order valence-electron chi connectivity index (χ1n) is 38.0. The largest absolute Gasteiger partial charge is 0.417 e. The number of nitrogens with zero attached hydrogens (tertiary/aromatic N) is 9. The molecule has 1 aromatic carbocycles. The number of alkyl halides is 3. The average molecular weight is 1470 g/mol. The number of nitrogens with one attached hydrogen (secondary N) is 3. The molecular formula is C75H114ClF3N12O12. The first-order valence-corrected chi connectivity index (χ1v) is 38.4. The summed E-state index contributed by atoms with van der Waals surface area (Å²) in [5, 5.41) is 8.29. The van der Waals surface area contributed by atoms with Crippen molar-refractivity contribution in [2.24, 2.45) is 23.7 Å². The highest BCUT2D eigenvalue weighted by Gasteiger charge is 2.52. The second kappa shape index (κ2) is 36.8. The number of aryl methyl sites for hydroxylation is 1. The second-order valence-electron chi connectivity index (χ2n) is 30.9. The minimum atomic E-state index is -4.76. The minimum absolute atomic E-state index is 0.0220. The predicted octanol–water partition coefficient (Wildman–Crippen LogP) is 6.96. The van der Waals surface area contributed by atoms with E-state index < -0.39 is 173 Å². The van der Waals surface area contributed by atoms with E-state index in [-0.39, 0.29) is 63.3 Å². The molecule has 8 rings (SSSR count). The lowest BCUT2D eigenvalue weighted by atomic mass is 9.81. The zero-order valence-corrected chi connectivity index (χ0v) is 63.0. The normalized spacial score (nSPS) is 27.4. The number of amides is 12. The fourth-order valence-corrected chi connectivity index (χ4v) is 17.3. The molecule has 3 aliphatic heterocycles. The van der Waals surface area contributed by atoms with Crippen molar-refractivity contribution in [2.75, 3.05) is 88.6 Å². The molecule has 0 aromatic heterocycles. The summed E-state index contributed by atoms with van der Waals surface area (Å²) in [6.07, 6.45) is 10.8. The van der Waals surface area contributed by atoms with Gasteiger partial charge in [-0.25, -0.2) is 0 Å². The quantitative estimate of drug-likeness (QED) is 0.203. The fourth-order valence-electron chi connectivity index (χ4n) is 17.0. The van der Waals surface area contributed by atoms with Crippen LogP contribution in [0.5, 0.6) is 0 Å². The van der Waals surface area contributed by atoms with Gasteiger partial charge in [0.05, 0.1) is 36.6 Å². The van der Waals surface area contributed by atoms with Gasteiger partial charge in [0, 0.05) is 69.0 Å². The molecule has 3 heterocycles. The Morgan fingerprint density at radius 2 is 1.15 bits per heavy atom. The topological polar surface area (TPSA) is 270 Å². The summed E-state index contributed by atoms with van der Waals surface area (Å²) in [5.74, 6) is -8.27. The number of piperidine rings is 1. The van der Waals surface area contributed by atoms with Gasteiger partial charge in [0.25, 0.3) is 0 Å². The van der Waals surface area contributed by atoms with Gasteiger partial charge in [0.15, 0.2) is 0 Å². The molecule has 7 aliphatic rings. The van der Waals surface area contributed by atoms with Gasteiger partial charge >= 0.3 is 6.18 Å². The number of hydrogen-bond donors (Lipinski definition) is 3. The van der Waals surface area contributed by atoms with Gasteiger partial charge in [-0.1, -0.05) is 128 Å². The maximum absolute atomic E-state index is 15.9. The lowest BCUT2D eigenvalue weighted by molar-refractivity contribution is -0.157. The average Bonchev–Trinajstić information content (AvgIpc) is 1.75. The number of carbonyl (C=O) groups is 12. The molecule has 12 amide bonds. The number of likely N-dealkylation sites (N-methyl/N-ethyl adjacent to an activating group) is 7. The van der Waals surface area contributed by atoms with E-state index in [1.807, 2.05) is 6.92 Å². The highest BCUT2D eigenvalue weighted by Crippen LogP contribution is 2.39. The van der Waals surface area contributed by atoms with E-state index in [1.165, 1.54) is 84.8 Å². The molecule has 3 N–H and O–H groups in total. The smallest absolute Gasteiger partial charge is 0.343 e. The molecule has 0 unspecified atom stereocenters. The Morgan fingerprint density at radius 3 is 1.75 bits per heavy atom. The summed E-state index contributed by atoms with van der Waals surface area (Å²) in [4.78, 5) is 192. The van der Waals surface area contributed by atoms with Crippen LogP contribution in [-0.4, -0.2) is 251 Å². The first-order chi connectivity index (χ1) is 48.8. The fraction of sp³-hybridized carbons (Fsp3) is 0.760. The van der Waals surface area contributed by atoms with Crippen molar-refractivity contribution in [3.63, 3.8) is 0 Å². The molecular weight excluding hydrogens is 1350 g/mol. The van der Waals surface area contributed by atoms with Crippen molar-refractivity contribution < 1.29 is 70.7 Å². The monoisotopic (exact) mass is 1470 g/mol. The van der Waals surface area contributed by atoms with Crippen LogP contribution in [0.25, 0.3) is 0 Å². The summed E-state index contributed by atoms with van der Waals surface area (Å²) < 4.78 is 41.7. The Morgan fingerprint density at radius 1 is 0.583 bits per heavy atom. The summed E-state index contributed by atoms with van der Waals surface area (Å²) in [7, 11) is 10.2. The van der Waals surface area contributed by atoms with Gasteiger partial charge in [-0.3, -0.25) is 57.5 Å². The van der Waals surface area contributed by atoms with Gasteiger partial charge in [0.2, 0.25) is 70.9 Å². The van der Waals surface area contributed by atoms with Gasteiger partial charge in [0.1, 0.15) is 47.8 Å².